The number of methoxy groups -OCH3 is 2. The first kappa shape index (κ1) is 16.6. The quantitative estimate of drug-likeness (QED) is 0.831. The molecule has 2 aromatic rings. The SMILES string of the molecule is COC[C@@H]1C[C@H](OC)CN1C(=O)c1cnc2ccc(C)cn2c1=O. The number of aryl methyl sites for hydroxylation is 1. The number of likely N-dealkylation sites (tertiary alicyclic amines) is 1. The number of carbonyl (C=O) groups excluding carboxylic acids is 1. The second-order valence-corrected chi connectivity index (χ2v) is 6.07. The largest absolute Gasteiger partial charge is 0.383 e. The molecule has 3 rings (SSSR count). The second-order valence-electron chi connectivity index (χ2n) is 6.07. The van der Waals surface area contributed by atoms with Crippen LogP contribution in [0.15, 0.2) is 29.3 Å². The molecule has 1 amide bonds. The van der Waals surface area contributed by atoms with Gasteiger partial charge in [-0.3, -0.25) is 14.0 Å². The number of aromatic nitrogens is 2. The number of carbonyl (C=O) groups is 1. The fraction of sp³-hybridized carbons (Fsp3) is 0.471. The lowest BCUT2D eigenvalue weighted by Crippen LogP contribution is -2.41. The highest BCUT2D eigenvalue weighted by Gasteiger charge is 2.36. The van der Waals surface area contributed by atoms with E-state index < -0.39 is 0 Å². The summed E-state index contributed by atoms with van der Waals surface area (Å²) in [6.07, 6.45) is 3.69. The van der Waals surface area contributed by atoms with Gasteiger partial charge in [-0.25, -0.2) is 4.98 Å². The summed E-state index contributed by atoms with van der Waals surface area (Å²) >= 11 is 0. The zero-order chi connectivity index (χ0) is 17.3. The Morgan fingerprint density at radius 2 is 2.17 bits per heavy atom. The minimum Gasteiger partial charge on any atom is -0.383 e. The number of pyridine rings is 1. The highest BCUT2D eigenvalue weighted by molar-refractivity contribution is 5.94. The third-order valence-corrected chi connectivity index (χ3v) is 4.41. The minimum absolute atomic E-state index is 0.0486. The van der Waals surface area contributed by atoms with Crippen LogP contribution in [0, 0.1) is 6.92 Å². The van der Waals surface area contributed by atoms with Gasteiger partial charge in [-0.2, -0.15) is 0 Å². The van der Waals surface area contributed by atoms with Gasteiger partial charge in [0.25, 0.3) is 11.5 Å². The molecule has 128 valence electrons. The van der Waals surface area contributed by atoms with Crippen LogP contribution in [0.4, 0.5) is 0 Å². The number of amides is 1. The van der Waals surface area contributed by atoms with Crippen LogP contribution in [-0.2, 0) is 9.47 Å². The maximum atomic E-state index is 12.9. The zero-order valence-electron chi connectivity index (χ0n) is 14.1. The summed E-state index contributed by atoms with van der Waals surface area (Å²) in [4.78, 5) is 31.5. The van der Waals surface area contributed by atoms with Gasteiger partial charge >= 0.3 is 0 Å². The van der Waals surface area contributed by atoms with Crippen molar-refractivity contribution in [2.75, 3.05) is 27.4 Å². The number of hydrogen-bond acceptors (Lipinski definition) is 5. The topological polar surface area (TPSA) is 73.1 Å². The van der Waals surface area contributed by atoms with Crippen molar-refractivity contribution in [2.45, 2.75) is 25.5 Å². The molecule has 2 atom stereocenters. The minimum atomic E-state index is -0.356. The van der Waals surface area contributed by atoms with Gasteiger partial charge in [0.2, 0.25) is 0 Å². The maximum absolute atomic E-state index is 12.9. The van der Waals surface area contributed by atoms with E-state index in [1.165, 1.54) is 10.6 Å². The molecule has 0 saturated carbocycles. The predicted molar refractivity (Wildman–Crippen MR) is 88.3 cm³/mol. The molecule has 0 bridgehead atoms. The van der Waals surface area contributed by atoms with Crippen molar-refractivity contribution in [3.05, 3.63) is 46.0 Å². The standard InChI is InChI=1S/C17H21N3O4/c1-11-4-5-15-18-7-14(17(22)20(15)8-11)16(21)19-9-13(24-3)6-12(19)10-23-2/h4-5,7-8,12-13H,6,9-10H2,1-3H3/t12-,13-/m0/s1. The molecule has 0 aliphatic carbocycles. The number of ether oxygens (including phenoxy) is 2. The van der Waals surface area contributed by atoms with Gasteiger partial charge in [-0.05, 0) is 25.0 Å². The van der Waals surface area contributed by atoms with Crippen molar-refractivity contribution in [2.24, 2.45) is 0 Å². The van der Waals surface area contributed by atoms with E-state index in [1.54, 1.807) is 31.4 Å². The first-order chi connectivity index (χ1) is 11.5. The van der Waals surface area contributed by atoms with Gasteiger partial charge in [-0.1, -0.05) is 6.07 Å². The van der Waals surface area contributed by atoms with Crippen LogP contribution in [-0.4, -0.2) is 59.7 Å². The maximum Gasteiger partial charge on any atom is 0.270 e. The molecule has 1 aliphatic heterocycles. The van der Waals surface area contributed by atoms with E-state index in [4.69, 9.17) is 9.47 Å². The van der Waals surface area contributed by atoms with Crippen LogP contribution in [0.3, 0.4) is 0 Å². The normalized spacial score (nSPS) is 20.7. The first-order valence-corrected chi connectivity index (χ1v) is 7.86. The molecule has 7 heteroatoms. The predicted octanol–water partition coefficient (Wildman–Crippen LogP) is 0.879. The highest BCUT2D eigenvalue weighted by atomic mass is 16.5. The van der Waals surface area contributed by atoms with E-state index in [2.05, 4.69) is 4.98 Å². The van der Waals surface area contributed by atoms with E-state index in [0.29, 0.717) is 25.2 Å². The van der Waals surface area contributed by atoms with Crippen LogP contribution >= 0.6 is 0 Å². The molecular formula is C17H21N3O4. The highest BCUT2D eigenvalue weighted by Crippen LogP contribution is 2.22. The summed E-state index contributed by atoms with van der Waals surface area (Å²) in [5.41, 5.74) is 1.15. The molecule has 1 aliphatic rings. The number of rotatable bonds is 4. The average molecular weight is 331 g/mol. The number of fused-ring (bicyclic) bond motifs is 1. The van der Waals surface area contributed by atoms with E-state index in [1.807, 2.05) is 13.0 Å². The summed E-state index contributed by atoms with van der Waals surface area (Å²) in [7, 11) is 3.22. The van der Waals surface area contributed by atoms with Crippen molar-refractivity contribution < 1.29 is 14.3 Å². The number of hydrogen-bond donors (Lipinski definition) is 0. The fourth-order valence-electron chi connectivity index (χ4n) is 3.13. The molecule has 1 fully saturated rings. The summed E-state index contributed by atoms with van der Waals surface area (Å²) < 4.78 is 12.0. The first-order valence-electron chi connectivity index (χ1n) is 7.86. The van der Waals surface area contributed by atoms with Crippen LogP contribution in [0.2, 0.25) is 0 Å². The van der Waals surface area contributed by atoms with Crippen LogP contribution in [0.1, 0.15) is 22.3 Å². The Kier molecular flexibility index (Phi) is 4.64. The second kappa shape index (κ2) is 6.70. The molecule has 0 N–H and O–H groups in total. The lowest BCUT2D eigenvalue weighted by atomic mass is 10.2. The Labute approximate surface area is 139 Å². The molecule has 0 unspecified atom stereocenters. The molecule has 0 radical (unpaired) electrons. The van der Waals surface area contributed by atoms with Crippen molar-refractivity contribution in [3.63, 3.8) is 0 Å². The van der Waals surface area contributed by atoms with E-state index >= 15 is 0 Å². The zero-order valence-corrected chi connectivity index (χ0v) is 14.1. The Hall–Kier alpha value is -2.25. The average Bonchev–Trinajstić information content (AvgIpc) is 2.99. The Bertz CT molecular complexity index is 817. The molecule has 24 heavy (non-hydrogen) atoms. The lowest BCUT2D eigenvalue weighted by Gasteiger charge is -2.23. The van der Waals surface area contributed by atoms with Crippen molar-refractivity contribution in [1.29, 1.82) is 0 Å². The van der Waals surface area contributed by atoms with Crippen molar-refractivity contribution in [3.8, 4) is 0 Å². The fourth-order valence-corrected chi connectivity index (χ4v) is 3.13. The van der Waals surface area contributed by atoms with Gasteiger partial charge in [0.05, 0.1) is 18.8 Å². The van der Waals surface area contributed by atoms with E-state index in [0.717, 1.165) is 5.56 Å². The van der Waals surface area contributed by atoms with E-state index in [-0.39, 0.29) is 29.2 Å². The molecule has 2 aromatic heterocycles. The third-order valence-electron chi connectivity index (χ3n) is 4.41. The third kappa shape index (κ3) is 2.92. The molecule has 1 saturated heterocycles. The van der Waals surface area contributed by atoms with Crippen LogP contribution < -0.4 is 5.56 Å². The number of nitrogens with zero attached hydrogens (tertiary/aromatic N) is 3. The van der Waals surface area contributed by atoms with E-state index in [9.17, 15) is 9.59 Å². The van der Waals surface area contributed by atoms with Gasteiger partial charge in [0.1, 0.15) is 11.2 Å². The summed E-state index contributed by atoms with van der Waals surface area (Å²) in [5.74, 6) is -0.329. The Balaban J connectivity index is 1.98. The lowest BCUT2D eigenvalue weighted by molar-refractivity contribution is 0.0610. The van der Waals surface area contributed by atoms with Gasteiger partial charge < -0.3 is 14.4 Å². The Morgan fingerprint density at radius 3 is 2.88 bits per heavy atom. The molecule has 0 aromatic carbocycles. The van der Waals surface area contributed by atoms with Gasteiger partial charge in [-0.15, -0.1) is 0 Å². The molecule has 0 spiro atoms. The molecule has 7 nitrogen and oxygen atoms in total. The monoisotopic (exact) mass is 331 g/mol. The summed E-state index contributed by atoms with van der Waals surface area (Å²) in [6.45, 7) is 2.74. The van der Waals surface area contributed by atoms with Crippen molar-refractivity contribution in [1.82, 2.24) is 14.3 Å². The van der Waals surface area contributed by atoms with Gasteiger partial charge in [0, 0.05) is 33.2 Å². The Morgan fingerprint density at radius 1 is 1.38 bits per heavy atom. The van der Waals surface area contributed by atoms with Gasteiger partial charge in [0.15, 0.2) is 0 Å². The summed E-state index contributed by atoms with van der Waals surface area (Å²) in [5, 5.41) is 0. The molecular weight excluding hydrogens is 310 g/mol. The molecule has 3 heterocycles. The summed E-state index contributed by atoms with van der Waals surface area (Å²) in [6, 6.07) is 3.53. The smallest absolute Gasteiger partial charge is 0.270 e. The van der Waals surface area contributed by atoms with Crippen LogP contribution in [0.5, 0.6) is 0 Å². The van der Waals surface area contributed by atoms with Crippen LogP contribution in [0.25, 0.3) is 5.65 Å². The van der Waals surface area contributed by atoms with Crippen molar-refractivity contribution >= 4 is 11.6 Å².